The zero-order valence-corrected chi connectivity index (χ0v) is 12.7. The lowest BCUT2D eigenvalue weighted by Crippen LogP contribution is -2.04. The van der Waals surface area contributed by atoms with Crippen LogP contribution in [-0.2, 0) is 28.9 Å². The number of rotatable bonds is 6. The van der Waals surface area contributed by atoms with E-state index >= 15 is 0 Å². The maximum absolute atomic E-state index is 10.5. The van der Waals surface area contributed by atoms with Gasteiger partial charge in [0, 0.05) is 36.4 Å². The molecule has 0 atom stereocenters. The molecule has 4 heteroatoms. The summed E-state index contributed by atoms with van der Waals surface area (Å²) in [5.74, 6) is 3.57. The Balaban J connectivity index is 2.43. The Kier molecular flexibility index (Phi) is 5.54. The van der Waals surface area contributed by atoms with Crippen molar-refractivity contribution in [3.63, 3.8) is 0 Å². The van der Waals surface area contributed by atoms with Gasteiger partial charge >= 0.3 is 0 Å². The van der Waals surface area contributed by atoms with Gasteiger partial charge in [-0.3, -0.25) is 0 Å². The summed E-state index contributed by atoms with van der Waals surface area (Å²) in [6.45, 7) is 0. The number of hydrogen-bond donors (Lipinski definition) is 2. The summed E-state index contributed by atoms with van der Waals surface area (Å²) in [6, 6.07) is 11.4. The Morgan fingerprint density at radius 3 is 1.61 bits per heavy atom. The highest BCUT2D eigenvalue weighted by molar-refractivity contribution is 5.59. The number of carbonyl (C=O) groups excluding carboxylic acids is 2. The number of anilines is 2. The third-order valence-electron chi connectivity index (χ3n) is 3.78. The van der Waals surface area contributed by atoms with E-state index in [1.165, 1.54) is 12.2 Å². The van der Waals surface area contributed by atoms with Crippen molar-refractivity contribution in [2.45, 2.75) is 19.3 Å². The molecule has 0 aliphatic carbocycles. The van der Waals surface area contributed by atoms with Gasteiger partial charge in [0.2, 0.25) is 0 Å². The van der Waals surface area contributed by atoms with Gasteiger partial charge in [0.15, 0.2) is 0 Å². The van der Waals surface area contributed by atoms with Crippen molar-refractivity contribution in [3.8, 4) is 0 Å². The van der Waals surface area contributed by atoms with Gasteiger partial charge in [-0.05, 0) is 40.8 Å². The van der Waals surface area contributed by atoms with Crippen LogP contribution in [0.2, 0.25) is 0 Å². The van der Waals surface area contributed by atoms with E-state index in [4.69, 9.17) is 11.5 Å². The lowest BCUT2D eigenvalue weighted by molar-refractivity contribution is 0.567. The Bertz CT molecular complexity index is 732. The Hall–Kier alpha value is -3.06. The summed E-state index contributed by atoms with van der Waals surface area (Å²) >= 11 is 0. The van der Waals surface area contributed by atoms with Gasteiger partial charge in [-0.15, -0.1) is 0 Å². The van der Waals surface area contributed by atoms with Crippen LogP contribution < -0.4 is 11.5 Å². The van der Waals surface area contributed by atoms with Crippen LogP contribution in [0.5, 0.6) is 0 Å². The molecular weight excluding hydrogens is 288 g/mol. The maximum atomic E-state index is 10.5. The molecule has 2 aromatic rings. The van der Waals surface area contributed by atoms with Crippen LogP contribution in [0.1, 0.15) is 22.3 Å². The van der Waals surface area contributed by atoms with Gasteiger partial charge in [-0.25, -0.2) is 9.59 Å². The minimum atomic E-state index is 0.442. The topological polar surface area (TPSA) is 86.2 Å². The minimum Gasteiger partial charge on any atom is -0.398 e. The van der Waals surface area contributed by atoms with Crippen LogP contribution in [0.3, 0.4) is 0 Å². The van der Waals surface area contributed by atoms with Crippen molar-refractivity contribution in [1.29, 1.82) is 0 Å². The lowest BCUT2D eigenvalue weighted by Gasteiger charge is -2.14. The van der Waals surface area contributed by atoms with Crippen molar-refractivity contribution >= 4 is 23.3 Å². The van der Waals surface area contributed by atoms with Gasteiger partial charge in [-0.2, -0.15) is 0 Å². The monoisotopic (exact) mass is 306 g/mol. The maximum Gasteiger partial charge on any atom is 0.120 e. The summed E-state index contributed by atoms with van der Waals surface area (Å²) in [5.41, 5.74) is 17.2. The fraction of sp³-hybridized carbons (Fsp3) is 0.158. The van der Waals surface area contributed by atoms with Crippen LogP contribution in [0.15, 0.2) is 48.6 Å². The SMILES string of the molecule is Nc1cccc(Cc2cccc(N)c2CC=C=O)c1CC=C=O. The summed E-state index contributed by atoms with van der Waals surface area (Å²) in [6.07, 6.45) is 4.35. The molecule has 116 valence electrons. The summed E-state index contributed by atoms with van der Waals surface area (Å²) < 4.78 is 0. The normalized spacial score (nSPS) is 9.74. The molecule has 0 saturated carbocycles. The summed E-state index contributed by atoms with van der Waals surface area (Å²) in [7, 11) is 0. The molecule has 0 saturated heterocycles. The highest BCUT2D eigenvalue weighted by Gasteiger charge is 2.10. The highest BCUT2D eigenvalue weighted by Crippen LogP contribution is 2.25. The fourth-order valence-corrected chi connectivity index (χ4v) is 2.63. The first-order chi connectivity index (χ1) is 11.2. The number of hydrogen-bond acceptors (Lipinski definition) is 4. The molecule has 4 nitrogen and oxygen atoms in total. The first kappa shape index (κ1) is 16.3. The molecule has 23 heavy (non-hydrogen) atoms. The van der Waals surface area contributed by atoms with Gasteiger partial charge in [-0.1, -0.05) is 24.3 Å². The molecule has 0 aliphatic rings. The second-order valence-electron chi connectivity index (χ2n) is 5.20. The average Bonchev–Trinajstić information content (AvgIpc) is 2.54. The molecule has 0 amide bonds. The second-order valence-corrected chi connectivity index (χ2v) is 5.20. The fourth-order valence-electron chi connectivity index (χ4n) is 2.63. The van der Waals surface area contributed by atoms with Crippen LogP contribution in [0, 0.1) is 0 Å². The third kappa shape index (κ3) is 3.98. The average molecular weight is 306 g/mol. The first-order valence-corrected chi connectivity index (χ1v) is 7.28. The molecule has 0 aliphatic heterocycles. The van der Waals surface area contributed by atoms with E-state index in [-0.39, 0.29) is 0 Å². The Morgan fingerprint density at radius 1 is 0.783 bits per heavy atom. The second kappa shape index (κ2) is 7.81. The molecule has 2 rings (SSSR count). The Labute approximate surface area is 135 Å². The van der Waals surface area contributed by atoms with Crippen LogP contribution >= 0.6 is 0 Å². The zero-order chi connectivity index (χ0) is 16.7. The number of benzene rings is 2. The molecule has 0 fully saturated rings. The van der Waals surface area contributed by atoms with E-state index in [0.29, 0.717) is 30.6 Å². The minimum absolute atomic E-state index is 0.442. The molecule has 2 aromatic carbocycles. The summed E-state index contributed by atoms with van der Waals surface area (Å²) in [5, 5.41) is 0. The van der Waals surface area contributed by atoms with Crippen molar-refractivity contribution in [2.75, 3.05) is 11.5 Å². The largest absolute Gasteiger partial charge is 0.398 e. The van der Waals surface area contributed by atoms with E-state index in [1.807, 2.05) is 36.4 Å². The van der Waals surface area contributed by atoms with E-state index in [1.54, 1.807) is 11.9 Å². The number of nitrogens with two attached hydrogens (primary N) is 2. The number of allylic oxidation sites excluding steroid dienone is 2. The van der Waals surface area contributed by atoms with Crippen LogP contribution in [-0.4, -0.2) is 11.9 Å². The van der Waals surface area contributed by atoms with E-state index in [9.17, 15) is 9.59 Å². The molecular formula is C19H18N2O2. The van der Waals surface area contributed by atoms with Crippen LogP contribution in [0.25, 0.3) is 0 Å². The van der Waals surface area contributed by atoms with E-state index in [2.05, 4.69) is 0 Å². The molecule has 0 radical (unpaired) electrons. The van der Waals surface area contributed by atoms with Crippen molar-refractivity contribution in [1.82, 2.24) is 0 Å². The van der Waals surface area contributed by atoms with Gasteiger partial charge < -0.3 is 11.5 Å². The highest BCUT2D eigenvalue weighted by atomic mass is 16.1. The number of nitrogen functional groups attached to an aromatic ring is 2. The molecule has 4 N–H and O–H groups in total. The van der Waals surface area contributed by atoms with Gasteiger partial charge in [0.25, 0.3) is 0 Å². The smallest absolute Gasteiger partial charge is 0.120 e. The third-order valence-corrected chi connectivity index (χ3v) is 3.78. The zero-order valence-electron chi connectivity index (χ0n) is 12.7. The predicted octanol–water partition coefficient (Wildman–Crippen LogP) is 2.30. The molecule has 0 bridgehead atoms. The molecule has 0 spiro atoms. The molecule has 0 unspecified atom stereocenters. The van der Waals surface area contributed by atoms with Gasteiger partial charge in [0.05, 0.1) is 0 Å². The first-order valence-electron chi connectivity index (χ1n) is 7.28. The van der Waals surface area contributed by atoms with Crippen molar-refractivity contribution < 1.29 is 9.59 Å². The van der Waals surface area contributed by atoms with E-state index < -0.39 is 0 Å². The molecule has 0 aromatic heterocycles. The van der Waals surface area contributed by atoms with Crippen LogP contribution in [0.4, 0.5) is 11.4 Å². The Morgan fingerprint density at radius 2 is 1.22 bits per heavy atom. The standard InChI is InChI=1S/C19H18N2O2/c20-18-9-1-5-14(16(18)7-3-11-22)13-15-6-2-10-19(21)17(15)8-4-12-23/h1-6,9-10H,7-8,13,20-21H2. The van der Waals surface area contributed by atoms with Crippen molar-refractivity contribution in [3.05, 3.63) is 70.8 Å². The lowest BCUT2D eigenvalue weighted by atomic mass is 9.92. The van der Waals surface area contributed by atoms with E-state index in [0.717, 1.165) is 22.3 Å². The van der Waals surface area contributed by atoms with Gasteiger partial charge in [0.1, 0.15) is 11.9 Å². The summed E-state index contributed by atoms with van der Waals surface area (Å²) in [4.78, 5) is 21.0. The molecule has 0 heterocycles. The predicted molar refractivity (Wildman–Crippen MR) is 92.4 cm³/mol. The van der Waals surface area contributed by atoms with Crippen molar-refractivity contribution in [2.24, 2.45) is 0 Å². The quantitative estimate of drug-likeness (QED) is 0.633.